The highest BCUT2D eigenvalue weighted by Crippen LogP contribution is 2.42. The average Bonchev–Trinajstić information content (AvgIpc) is 3.18. The first kappa shape index (κ1) is 15.0. The highest BCUT2D eigenvalue weighted by Gasteiger charge is 2.20. The van der Waals surface area contributed by atoms with Crippen molar-refractivity contribution in [2.24, 2.45) is 0 Å². The first-order chi connectivity index (χ1) is 11.7. The molecular formula is C19H17ClN2O2. The first-order valence-electron chi connectivity index (χ1n) is 7.68. The van der Waals surface area contributed by atoms with E-state index in [-0.39, 0.29) is 0 Å². The summed E-state index contributed by atoms with van der Waals surface area (Å²) in [5.41, 5.74) is 4.31. The summed E-state index contributed by atoms with van der Waals surface area (Å²) in [6.45, 7) is 0.851. The smallest absolute Gasteiger partial charge is 0.162 e. The highest BCUT2D eigenvalue weighted by molar-refractivity contribution is 6.30. The molecule has 2 aromatic carbocycles. The molecule has 3 aromatic rings. The molecule has 2 heterocycles. The maximum atomic E-state index is 5.98. The standard InChI is InChI=1S/C19H17ClN2O2/c1-23-17-10-14-16(11-18(17)24-2)22-9-3-4-15(22)19(14)21-13-7-5-12(20)6-8-13/h3-8,10-11,21H,9H2,1-2H3. The van der Waals surface area contributed by atoms with Crippen LogP contribution in [0.3, 0.4) is 0 Å². The number of benzene rings is 2. The molecule has 1 aliphatic rings. The molecule has 1 N–H and O–H groups in total. The lowest BCUT2D eigenvalue weighted by Gasteiger charge is -2.10. The second kappa shape index (κ2) is 5.80. The molecule has 4 rings (SSSR count). The molecule has 0 unspecified atom stereocenters. The second-order valence-electron chi connectivity index (χ2n) is 5.63. The number of rotatable bonds is 4. The lowest BCUT2D eigenvalue weighted by molar-refractivity contribution is 0.355. The largest absolute Gasteiger partial charge is 0.493 e. The number of methoxy groups -OCH3 is 2. The summed E-state index contributed by atoms with van der Waals surface area (Å²) in [6, 6.07) is 11.7. The molecule has 0 saturated heterocycles. The minimum absolute atomic E-state index is 0.720. The lowest BCUT2D eigenvalue weighted by Crippen LogP contribution is -1.94. The predicted octanol–water partition coefficient (Wildman–Crippen LogP) is 5.08. The van der Waals surface area contributed by atoms with Gasteiger partial charge in [0.25, 0.3) is 0 Å². The summed E-state index contributed by atoms with van der Waals surface area (Å²) in [4.78, 5) is 0. The molecule has 4 nitrogen and oxygen atoms in total. The summed E-state index contributed by atoms with van der Waals surface area (Å²) >= 11 is 5.98. The average molecular weight is 341 g/mol. The van der Waals surface area contributed by atoms with Gasteiger partial charge in [-0.2, -0.15) is 0 Å². The van der Waals surface area contributed by atoms with Crippen LogP contribution in [0.2, 0.25) is 5.02 Å². The third-order valence-electron chi connectivity index (χ3n) is 4.29. The zero-order valence-corrected chi connectivity index (χ0v) is 14.2. The van der Waals surface area contributed by atoms with Crippen LogP contribution in [0.15, 0.2) is 42.5 Å². The number of fused-ring (bicyclic) bond motifs is 3. The van der Waals surface area contributed by atoms with Gasteiger partial charge >= 0.3 is 0 Å². The maximum Gasteiger partial charge on any atom is 0.162 e. The molecule has 0 bridgehead atoms. The molecule has 122 valence electrons. The van der Waals surface area contributed by atoms with Gasteiger partial charge in [0.1, 0.15) is 0 Å². The molecule has 0 atom stereocenters. The van der Waals surface area contributed by atoms with Gasteiger partial charge in [-0.15, -0.1) is 0 Å². The van der Waals surface area contributed by atoms with Gasteiger partial charge in [-0.25, -0.2) is 0 Å². The van der Waals surface area contributed by atoms with Gasteiger partial charge in [0.05, 0.1) is 31.1 Å². The Kier molecular flexibility index (Phi) is 3.62. The molecule has 0 amide bonds. The van der Waals surface area contributed by atoms with E-state index < -0.39 is 0 Å². The highest BCUT2D eigenvalue weighted by atomic mass is 35.5. The fourth-order valence-corrected chi connectivity index (χ4v) is 3.27. The number of halogens is 1. The van der Waals surface area contributed by atoms with Crippen LogP contribution in [0.4, 0.5) is 11.4 Å². The van der Waals surface area contributed by atoms with Crippen molar-refractivity contribution >= 4 is 40.0 Å². The Morgan fingerprint density at radius 1 is 1.04 bits per heavy atom. The quantitative estimate of drug-likeness (QED) is 0.719. The zero-order chi connectivity index (χ0) is 16.7. The van der Waals surface area contributed by atoms with E-state index >= 15 is 0 Å². The van der Waals surface area contributed by atoms with E-state index in [9.17, 15) is 0 Å². The Bertz CT molecular complexity index is 942. The molecule has 5 heteroatoms. The van der Waals surface area contributed by atoms with E-state index in [4.69, 9.17) is 21.1 Å². The minimum atomic E-state index is 0.720. The number of ether oxygens (including phenoxy) is 2. The van der Waals surface area contributed by atoms with Crippen LogP contribution in [-0.4, -0.2) is 18.8 Å². The number of nitrogens with one attached hydrogen (secondary N) is 1. The van der Waals surface area contributed by atoms with Crippen molar-refractivity contribution < 1.29 is 9.47 Å². The van der Waals surface area contributed by atoms with Crippen molar-refractivity contribution in [3.8, 4) is 11.5 Å². The molecule has 0 aliphatic carbocycles. The third kappa shape index (κ3) is 2.31. The summed E-state index contributed by atoms with van der Waals surface area (Å²) in [7, 11) is 3.31. The molecule has 0 fully saturated rings. The summed E-state index contributed by atoms with van der Waals surface area (Å²) in [5.74, 6) is 1.45. The zero-order valence-electron chi connectivity index (χ0n) is 13.5. The van der Waals surface area contributed by atoms with Crippen LogP contribution in [0, 0.1) is 0 Å². The Morgan fingerprint density at radius 3 is 2.46 bits per heavy atom. The SMILES string of the molecule is COc1cc2c(Nc3ccc(Cl)cc3)c3n(c2cc1OC)CC=C3. The normalized spacial score (nSPS) is 12.5. The first-order valence-corrected chi connectivity index (χ1v) is 8.06. The van der Waals surface area contributed by atoms with Crippen LogP contribution in [0.25, 0.3) is 17.0 Å². The number of nitrogens with zero attached hydrogens (tertiary/aromatic N) is 1. The topological polar surface area (TPSA) is 35.4 Å². The number of hydrogen-bond donors (Lipinski definition) is 1. The van der Waals surface area contributed by atoms with Gasteiger partial charge in [-0.05, 0) is 36.4 Å². The van der Waals surface area contributed by atoms with Crippen LogP contribution in [-0.2, 0) is 6.54 Å². The Hall–Kier alpha value is -2.59. The minimum Gasteiger partial charge on any atom is -0.493 e. The molecule has 1 aliphatic heterocycles. The molecule has 1 aromatic heterocycles. The summed E-state index contributed by atoms with van der Waals surface area (Å²) in [6.07, 6.45) is 4.29. The Labute approximate surface area is 145 Å². The number of allylic oxidation sites excluding steroid dienone is 1. The molecule has 24 heavy (non-hydrogen) atoms. The fraction of sp³-hybridized carbons (Fsp3) is 0.158. The Morgan fingerprint density at radius 2 is 1.75 bits per heavy atom. The van der Waals surface area contributed by atoms with Gasteiger partial charge < -0.3 is 19.4 Å². The van der Waals surface area contributed by atoms with Gasteiger partial charge in [-0.3, -0.25) is 0 Å². The van der Waals surface area contributed by atoms with Gasteiger partial charge in [0, 0.05) is 28.7 Å². The van der Waals surface area contributed by atoms with E-state index in [0.717, 1.165) is 51.0 Å². The number of hydrogen-bond acceptors (Lipinski definition) is 3. The van der Waals surface area contributed by atoms with E-state index in [2.05, 4.69) is 22.0 Å². The predicted molar refractivity (Wildman–Crippen MR) is 98.8 cm³/mol. The number of anilines is 2. The second-order valence-corrected chi connectivity index (χ2v) is 6.07. The molecular weight excluding hydrogens is 324 g/mol. The van der Waals surface area contributed by atoms with E-state index in [0.29, 0.717) is 0 Å². The lowest BCUT2D eigenvalue weighted by atomic mass is 10.1. The van der Waals surface area contributed by atoms with Crippen molar-refractivity contribution in [2.75, 3.05) is 19.5 Å². The van der Waals surface area contributed by atoms with Crippen LogP contribution >= 0.6 is 11.6 Å². The molecule has 0 spiro atoms. The number of aromatic nitrogens is 1. The van der Waals surface area contributed by atoms with Crippen molar-refractivity contribution in [3.05, 3.63) is 53.2 Å². The molecule has 0 radical (unpaired) electrons. The fourth-order valence-electron chi connectivity index (χ4n) is 3.14. The third-order valence-corrected chi connectivity index (χ3v) is 4.54. The van der Waals surface area contributed by atoms with E-state index in [1.807, 2.05) is 36.4 Å². The molecule has 0 saturated carbocycles. The van der Waals surface area contributed by atoms with Crippen LogP contribution < -0.4 is 14.8 Å². The van der Waals surface area contributed by atoms with Crippen molar-refractivity contribution in [2.45, 2.75) is 6.54 Å². The van der Waals surface area contributed by atoms with Crippen LogP contribution in [0.5, 0.6) is 11.5 Å². The van der Waals surface area contributed by atoms with E-state index in [1.165, 1.54) is 0 Å². The summed E-state index contributed by atoms with van der Waals surface area (Å²) < 4.78 is 13.2. The van der Waals surface area contributed by atoms with Crippen molar-refractivity contribution in [3.63, 3.8) is 0 Å². The summed E-state index contributed by atoms with van der Waals surface area (Å²) in [5, 5.41) is 5.34. The maximum absolute atomic E-state index is 5.98. The van der Waals surface area contributed by atoms with Crippen LogP contribution in [0.1, 0.15) is 5.69 Å². The van der Waals surface area contributed by atoms with Gasteiger partial charge in [-0.1, -0.05) is 17.7 Å². The van der Waals surface area contributed by atoms with Gasteiger partial charge in [0.15, 0.2) is 11.5 Å². The van der Waals surface area contributed by atoms with Gasteiger partial charge in [0.2, 0.25) is 0 Å². The monoisotopic (exact) mass is 340 g/mol. The Balaban J connectivity index is 1.90. The van der Waals surface area contributed by atoms with Crippen molar-refractivity contribution in [1.29, 1.82) is 0 Å². The van der Waals surface area contributed by atoms with Crippen molar-refractivity contribution in [1.82, 2.24) is 4.57 Å². The van der Waals surface area contributed by atoms with E-state index in [1.54, 1.807) is 14.2 Å².